The van der Waals surface area contributed by atoms with Gasteiger partial charge < -0.3 is 14.7 Å². The molecule has 0 saturated heterocycles. The van der Waals surface area contributed by atoms with Crippen LogP contribution in [0.25, 0.3) is 11.4 Å². The highest BCUT2D eigenvalue weighted by atomic mass is 16.5. The average molecular weight is 305 g/mol. The van der Waals surface area contributed by atoms with E-state index in [1.807, 2.05) is 33.8 Å². The molecule has 2 rings (SSSR count). The smallest absolute Gasteiger partial charge is 0.409 e. The van der Waals surface area contributed by atoms with Crippen molar-refractivity contribution < 1.29 is 19.5 Å². The van der Waals surface area contributed by atoms with Crippen LogP contribution in [0.1, 0.15) is 37.8 Å². The van der Waals surface area contributed by atoms with E-state index in [0.29, 0.717) is 17.1 Å². The first kappa shape index (κ1) is 16.0. The summed E-state index contributed by atoms with van der Waals surface area (Å²) >= 11 is 0. The summed E-state index contributed by atoms with van der Waals surface area (Å²) < 4.78 is 4.90. The van der Waals surface area contributed by atoms with E-state index >= 15 is 0 Å². The van der Waals surface area contributed by atoms with Crippen molar-refractivity contribution in [3.8, 4) is 11.4 Å². The molecule has 0 unspecified atom stereocenters. The van der Waals surface area contributed by atoms with Crippen molar-refractivity contribution in [2.75, 3.05) is 5.32 Å². The van der Waals surface area contributed by atoms with Gasteiger partial charge in [-0.3, -0.25) is 5.32 Å². The molecular weight excluding hydrogens is 286 g/mol. The van der Waals surface area contributed by atoms with Gasteiger partial charge in [0.05, 0.1) is 0 Å². The molecule has 7 nitrogen and oxygen atoms in total. The van der Waals surface area contributed by atoms with Gasteiger partial charge in [0.1, 0.15) is 6.61 Å². The summed E-state index contributed by atoms with van der Waals surface area (Å²) in [6.45, 7) is 7.65. The molecule has 0 fully saturated rings. The number of amides is 1. The summed E-state index contributed by atoms with van der Waals surface area (Å²) in [5, 5.41) is 24.2. The number of carbonyl (C=O) groups is 1. The van der Waals surface area contributed by atoms with Crippen LogP contribution in [-0.4, -0.2) is 26.4 Å². The van der Waals surface area contributed by atoms with Gasteiger partial charge in [0.25, 0.3) is 5.89 Å². The van der Waals surface area contributed by atoms with Crippen molar-refractivity contribution in [3.05, 3.63) is 29.2 Å². The molecule has 118 valence electrons. The van der Waals surface area contributed by atoms with Crippen molar-refractivity contribution in [2.24, 2.45) is 0 Å². The van der Waals surface area contributed by atoms with E-state index in [-0.39, 0.29) is 17.9 Å². The Kier molecular flexibility index (Phi) is 4.18. The highest BCUT2D eigenvalue weighted by Gasteiger charge is 2.21. The number of hydrogen-bond donors (Lipinski definition) is 3. The molecule has 0 radical (unpaired) electrons. The molecule has 0 aliphatic heterocycles. The summed E-state index contributed by atoms with van der Waals surface area (Å²) in [6.07, 6.45) is -1.13. The molecule has 0 saturated carbocycles. The molecule has 0 bridgehead atoms. The van der Waals surface area contributed by atoms with Crippen molar-refractivity contribution in [2.45, 2.75) is 39.7 Å². The molecule has 22 heavy (non-hydrogen) atoms. The predicted octanol–water partition coefficient (Wildman–Crippen LogP) is 2.92. The summed E-state index contributed by atoms with van der Waals surface area (Å²) in [4.78, 5) is 15.1. The molecule has 1 heterocycles. The van der Waals surface area contributed by atoms with E-state index < -0.39 is 6.09 Å². The second kappa shape index (κ2) is 5.76. The summed E-state index contributed by atoms with van der Waals surface area (Å²) in [5.41, 5.74) is 2.75. The number of benzene rings is 1. The highest BCUT2D eigenvalue weighted by Crippen LogP contribution is 2.34. The number of aliphatic hydroxyl groups is 1. The SMILES string of the molecule is Cc1c(NC(=O)O)cc(-c2noc(CO)n2)cc1C(C)(C)C. The second-order valence-electron chi connectivity index (χ2n) is 6.05. The zero-order chi connectivity index (χ0) is 16.5. The summed E-state index contributed by atoms with van der Waals surface area (Å²) in [7, 11) is 0. The number of rotatable bonds is 3. The van der Waals surface area contributed by atoms with Crippen LogP contribution in [0.5, 0.6) is 0 Å². The Balaban J connectivity index is 2.61. The lowest BCUT2D eigenvalue weighted by Crippen LogP contribution is -2.16. The van der Waals surface area contributed by atoms with Gasteiger partial charge in [-0.2, -0.15) is 4.98 Å². The van der Waals surface area contributed by atoms with Crippen LogP contribution >= 0.6 is 0 Å². The zero-order valence-corrected chi connectivity index (χ0v) is 13.0. The van der Waals surface area contributed by atoms with Crippen LogP contribution in [0.15, 0.2) is 16.7 Å². The standard InChI is InChI=1S/C15H19N3O4/c1-8-10(15(2,3)4)5-9(6-11(8)16-14(20)21)13-17-12(7-19)22-18-13/h5-6,16,19H,7H2,1-4H3,(H,20,21). The fourth-order valence-electron chi connectivity index (χ4n) is 2.30. The third-order valence-corrected chi connectivity index (χ3v) is 3.32. The van der Waals surface area contributed by atoms with Crippen molar-refractivity contribution in [1.29, 1.82) is 0 Å². The monoisotopic (exact) mass is 305 g/mol. The number of anilines is 1. The van der Waals surface area contributed by atoms with E-state index in [0.717, 1.165) is 11.1 Å². The number of aliphatic hydroxyl groups excluding tert-OH is 1. The molecule has 3 N–H and O–H groups in total. The lowest BCUT2D eigenvalue weighted by molar-refractivity contribution is 0.209. The van der Waals surface area contributed by atoms with E-state index in [1.54, 1.807) is 6.07 Å². The first-order chi connectivity index (χ1) is 10.2. The van der Waals surface area contributed by atoms with Gasteiger partial charge in [-0.05, 0) is 35.6 Å². The lowest BCUT2D eigenvalue weighted by Gasteiger charge is -2.24. The van der Waals surface area contributed by atoms with Crippen LogP contribution in [0.3, 0.4) is 0 Å². The molecule has 0 aliphatic rings. The number of carboxylic acid groups (broad SMARTS) is 1. The van der Waals surface area contributed by atoms with E-state index in [4.69, 9.17) is 14.7 Å². The minimum Gasteiger partial charge on any atom is -0.465 e. The fourth-order valence-corrected chi connectivity index (χ4v) is 2.30. The minimum atomic E-state index is -1.13. The van der Waals surface area contributed by atoms with Crippen LogP contribution in [-0.2, 0) is 12.0 Å². The van der Waals surface area contributed by atoms with Gasteiger partial charge in [0.2, 0.25) is 5.82 Å². The number of nitrogens with one attached hydrogen (secondary N) is 1. The molecule has 1 aromatic carbocycles. The maximum Gasteiger partial charge on any atom is 0.409 e. The van der Waals surface area contributed by atoms with Gasteiger partial charge in [-0.25, -0.2) is 4.79 Å². The largest absolute Gasteiger partial charge is 0.465 e. The fraction of sp³-hybridized carbons (Fsp3) is 0.400. The van der Waals surface area contributed by atoms with Gasteiger partial charge in [0, 0.05) is 11.3 Å². The Bertz CT molecular complexity index is 701. The van der Waals surface area contributed by atoms with Gasteiger partial charge in [0.15, 0.2) is 0 Å². The Hall–Kier alpha value is -2.41. The third-order valence-electron chi connectivity index (χ3n) is 3.32. The number of aromatic nitrogens is 2. The molecule has 7 heteroatoms. The van der Waals surface area contributed by atoms with Gasteiger partial charge in [-0.15, -0.1) is 0 Å². The number of nitrogens with zero attached hydrogens (tertiary/aromatic N) is 2. The third kappa shape index (κ3) is 3.25. The molecule has 0 atom stereocenters. The van der Waals surface area contributed by atoms with E-state index in [1.165, 1.54) is 0 Å². The summed E-state index contributed by atoms with van der Waals surface area (Å²) in [6, 6.07) is 3.57. The first-order valence-corrected chi connectivity index (χ1v) is 6.81. The van der Waals surface area contributed by atoms with Crippen LogP contribution in [0.2, 0.25) is 0 Å². The van der Waals surface area contributed by atoms with Crippen molar-refractivity contribution in [3.63, 3.8) is 0 Å². The molecular formula is C15H19N3O4. The Morgan fingerprint density at radius 2 is 2.05 bits per heavy atom. The number of hydrogen-bond acceptors (Lipinski definition) is 5. The molecule has 2 aromatic rings. The molecule has 0 aliphatic carbocycles. The quantitative estimate of drug-likeness (QED) is 0.804. The van der Waals surface area contributed by atoms with Crippen LogP contribution in [0, 0.1) is 6.92 Å². The van der Waals surface area contributed by atoms with E-state index in [9.17, 15) is 4.79 Å². The maximum atomic E-state index is 11.0. The van der Waals surface area contributed by atoms with E-state index in [2.05, 4.69) is 15.5 Å². The first-order valence-electron chi connectivity index (χ1n) is 6.81. The average Bonchev–Trinajstić information content (AvgIpc) is 2.88. The van der Waals surface area contributed by atoms with Gasteiger partial charge >= 0.3 is 6.09 Å². The Morgan fingerprint density at radius 3 is 2.55 bits per heavy atom. The predicted molar refractivity (Wildman–Crippen MR) is 80.7 cm³/mol. The second-order valence-corrected chi connectivity index (χ2v) is 6.05. The van der Waals surface area contributed by atoms with Crippen molar-refractivity contribution in [1.82, 2.24) is 10.1 Å². The molecule has 1 amide bonds. The Morgan fingerprint density at radius 1 is 1.36 bits per heavy atom. The summed E-state index contributed by atoms with van der Waals surface area (Å²) in [5.74, 6) is 0.420. The lowest BCUT2D eigenvalue weighted by atomic mass is 9.82. The van der Waals surface area contributed by atoms with Crippen molar-refractivity contribution >= 4 is 11.8 Å². The molecule has 1 aromatic heterocycles. The van der Waals surface area contributed by atoms with Crippen LogP contribution in [0.4, 0.5) is 10.5 Å². The Labute approximate surface area is 128 Å². The minimum absolute atomic E-state index is 0.112. The highest BCUT2D eigenvalue weighted by molar-refractivity contribution is 5.86. The van der Waals surface area contributed by atoms with Crippen LogP contribution < -0.4 is 5.32 Å². The molecule has 0 spiro atoms. The zero-order valence-electron chi connectivity index (χ0n) is 13.0. The maximum absolute atomic E-state index is 11.0. The van der Waals surface area contributed by atoms with Gasteiger partial charge in [-0.1, -0.05) is 25.9 Å². The topological polar surface area (TPSA) is 108 Å². The normalized spacial score (nSPS) is 11.5.